The summed E-state index contributed by atoms with van der Waals surface area (Å²) in [5.41, 5.74) is 7.15. The third kappa shape index (κ3) is 5.21. The lowest BCUT2D eigenvalue weighted by Crippen LogP contribution is -2.36. The largest absolute Gasteiger partial charge is 0.383 e. The van der Waals surface area contributed by atoms with Crippen LogP contribution < -0.4 is 11.1 Å². The number of benzene rings is 1. The molecule has 21 heavy (non-hydrogen) atoms. The van der Waals surface area contributed by atoms with Crippen molar-refractivity contribution in [1.82, 2.24) is 5.32 Å². The summed E-state index contributed by atoms with van der Waals surface area (Å²) in [6.45, 7) is 6.30. The molecule has 0 aliphatic carbocycles. The number of hydrogen-bond donors (Lipinski definition) is 2. The molecule has 0 heterocycles. The van der Waals surface area contributed by atoms with Gasteiger partial charge in [-0.05, 0) is 30.5 Å². The Balaban J connectivity index is 2.81. The summed E-state index contributed by atoms with van der Waals surface area (Å²) in [5.74, 6) is 0.465. The first kappa shape index (κ1) is 17.8. The van der Waals surface area contributed by atoms with Crippen molar-refractivity contribution in [3.05, 3.63) is 34.9 Å². The van der Waals surface area contributed by atoms with E-state index in [1.165, 1.54) is 5.56 Å². The van der Waals surface area contributed by atoms with Gasteiger partial charge in [-0.1, -0.05) is 37.6 Å². The fourth-order valence-corrected chi connectivity index (χ4v) is 2.48. The topological polar surface area (TPSA) is 59.6 Å². The van der Waals surface area contributed by atoms with Crippen molar-refractivity contribution in [2.45, 2.75) is 32.1 Å². The maximum atomic E-state index is 5.98. The van der Waals surface area contributed by atoms with Crippen LogP contribution in [0.15, 0.2) is 29.3 Å². The molecule has 0 saturated carbocycles. The van der Waals surface area contributed by atoms with Crippen LogP contribution in [0, 0.1) is 0 Å². The second kappa shape index (κ2) is 8.90. The number of guanidine groups is 1. The van der Waals surface area contributed by atoms with E-state index in [0.29, 0.717) is 25.7 Å². The zero-order valence-electron chi connectivity index (χ0n) is 13.2. The average molecular weight is 312 g/mol. The minimum absolute atomic E-state index is 0.00184. The highest BCUT2D eigenvalue weighted by Gasteiger charge is 2.28. The summed E-state index contributed by atoms with van der Waals surface area (Å²) in [6, 6.07) is 8.03. The van der Waals surface area contributed by atoms with Gasteiger partial charge in [-0.25, -0.2) is 0 Å². The normalized spacial score (nSPS) is 12.5. The predicted molar refractivity (Wildman–Crippen MR) is 90.1 cm³/mol. The lowest BCUT2D eigenvalue weighted by molar-refractivity contribution is 0.204. The highest BCUT2D eigenvalue weighted by atomic mass is 35.5. The molecule has 5 heteroatoms. The Hall–Kier alpha value is -1.26. The molecule has 0 spiro atoms. The van der Waals surface area contributed by atoms with Crippen LogP contribution in [0.3, 0.4) is 0 Å². The van der Waals surface area contributed by atoms with E-state index in [0.717, 1.165) is 17.9 Å². The zero-order chi connectivity index (χ0) is 15.7. The third-order valence-corrected chi connectivity index (χ3v) is 4.23. The van der Waals surface area contributed by atoms with Gasteiger partial charge < -0.3 is 15.8 Å². The van der Waals surface area contributed by atoms with Crippen molar-refractivity contribution in [2.75, 3.05) is 26.8 Å². The van der Waals surface area contributed by atoms with Crippen molar-refractivity contribution >= 4 is 17.6 Å². The van der Waals surface area contributed by atoms with E-state index >= 15 is 0 Å². The Labute approximate surface area is 132 Å². The Bertz CT molecular complexity index is 441. The molecule has 1 aromatic carbocycles. The van der Waals surface area contributed by atoms with Gasteiger partial charge in [-0.15, -0.1) is 0 Å². The molecule has 0 aromatic heterocycles. The molecule has 1 rings (SSSR count). The number of ether oxygens (including phenoxy) is 1. The summed E-state index contributed by atoms with van der Waals surface area (Å²) in [5, 5.41) is 3.80. The van der Waals surface area contributed by atoms with Gasteiger partial charge in [0.2, 0.25) is 0 Å². The van der Waals surface area contributed by atoms with Crippen LogP contribution in [0.5, 0.6) is 0 Å². The van der Waals surface area contributed by atoms with E-state index in [1.807, 2.05) is 12.1 Å². The Morgan fingerprint density at radius 1 is 1.29 bits per heavy atom. The van der Waals surface area contributed by atoms with Crippen molar-refractivity contribution in [2.24, 2.45) is 10.7 Å². The molecule has 0 aliphatic heterocycles. The number of nitrogens with one attached hydrogen (secondary N) is 1. The summed E-state index contributed by atoms with van der Waals surface area (Å²) in [6.07, 6.45) is 2.00. The Morgan fingerprint density at radius 2 is 1.90 bits per heavy atom. The van der Waals surface area contributed by atoms with Crippen LogP contribution in [-0.2, 0) is 10.2 Å². The first-order valence-corrected chi connectivity index (χ1v) is 7.74. The fourth-order valence-electron chi connectivity index (χ4n) is 2.35. The predicted octanol–water partition coefficient (Wildman–Crippen LogP) is 2.95. The molecule has 0 fully saturated rings. The summed E-state index contributed by atoms with van der Waals surface area (Å²) < 4.78 is 4.97. The number of nitrogens with zero attached hydrogens (tertiary/aromatic N) is 1. The van der Waals surface area contributed by atoms with E-state index in [2.05, 4.69) is 36.3 Å². The minimum Gasteiger partial charge on any atom is -0.383 e. The molecule has 0 radical (unpaired) electrons. The summed E-state index contributed by atoms with van der Waals surface area (Å²) in [7, 11) is 1.66. The molecule has 0 bridgehead atoms. The van der Waals surface area contributed by atoms with Crippen LogP contribution in [-0.4, -0.2) is 32.8 Å². The van der Waals surface area contributed by atoms with E-state index in [4.69, 9.17) is 22.1 Å². The fraction of sp³-hybridized carbons (Fsp3) is 0.562. The first-order chi connectivity index (χ1) is 10.1. The smallest absolute Gasteiger partial charge is 0.188 e. The van der Waals surface area contributed by atoms with Crippen LogP contribution in [0.25, 0.3) is 0 Å². The van der Waals surface area contributed by atoms with Gasteiger partial charge in [0.15, 0.2) is 5.96 Å². The molecular formula is C16H26ClN3O. The second-order valence-electron chi connectivity index (χ2n) is 5.12. The number of aliphatic imine (C=N–C) groups is 1. The molecule has 0 saturated heterocycles. The van der Waals surface area contributed by atoms with Crippen LogP contribution >= 0.6 is 11.6 Å². The number of halogens is 1. The summed E-state index contributed by atoms with van der Waals surface area (Å²) >= 11 is 5.98. The monoisotopic (exact) mass is 311 g/mol. The highest BCUT2D eigenvalue weighted by molar-refractivity contribution is 6.30. The molecule has 3 N–H and O–H groups in total. The van der Waals surface area contributed by atoms with E-state index in [1.54, 1.807) is 7.11 Å². The second-order valence-corrected chi connectivity index (χ2v) is 5.55. The van der Waals surface area contributed by atoms with Crippen molar-refractivity contribution < 1.29 is 4.74 Å². The number of rotatable bonds is 8. The van der Waals surface area contributed by atoms with Crippen LogP contribution in [0.1, 0.15) is 32.3 Å². The Morgan fingerprint density at radius 3 is 2.43 bits per heavy atom. The van der Waals surface area contributed by atoms with Crippen molar-refractivity contribution in [1.29, 1.82) is 0 Å². The highest BCUT2D eigenvalue weighted by Crippen LogP contribution is 2.32. The van der Waals surface area contributed by atoms with Gasteiger partial charge in [-0.2, -0.15) is 0 Å². The maximum Gasteiger partial charge on any atom is 0.188 e. The number of hydrogen-bond acceptors (Lipinski definition) is 2. The van der Waals surface area contributed by atoms with Gasteiger partial charge in [0.25, 0.3) is 0 Å². The maximum absolute atomic E-state index is 5.98. The van der Waals surface area contributed by atoms with Crippen LogP contribution in [0.4, 0.5) is 0 Å². The Kier molecular flexibility index (Phi) is 7.54. The van der Waals surface area contributed by atoms with E-state index < -0.39 is 0 Å². The van der Waals surface area contributed by atoms with Gasteiger partial charge in [-0.3, -0.25) is 4.99 Å². The quantitative estimate of drug-likeness (QED) is 0.441. The standard InChI is InChI=1S/C16H26ClN3O/c1-4-16(5-2,13-6-8-14(17)9-7-13)12-20-15(18)19-10-11-21-3/h6-9H,4-5,10-12H2,1-3H3,(H3,18,19,20). The lowest BCUT2D eigenvalue weighted by Gasteiger charge is -2.31. The molecule has 118 valence electrons. The zero-order valence-corrected chi connectivity index (χ0v) is 13.9. The summed E-state index contributed by atoms with van der Waals surface area (Å²) in [4.78, 5) is 4.50. The molecule has 0 aliphatic rings. The molecule has 1 aromatic rings. The molecule has 0 unspecified atom stereocenters. The van der Waals surface area contributed by atoms with Gasteiger partial charge in [0.05, 0.1) is 13.2 Å². The number of methoxy groups -OCH3 is 1. The van der Waals surface area contributed by atoms with Gasteiger partial charge in [0, 0.05) is 24.1 Å². The number of nitrogens with two attached hydrogens (primary N) is 1. The molecule has 0 atom stereocenters. The van der Waals surface area contributed by atoms with Gasteiger partial charge in [0.1, 0.15) is 0 Å². The first-order valence-electron chi connectivity index (χ1n) is 7.36. The van der Waals surface area contributed by atoms with Gasteiger partial charge >= 0.3 is 0 Å². The molecular weight excluding hydrogens is 286 g/mol. The van der Waals surface area contributed by atoms with Crippen molar-refractivity contribution in [3.63, 3.8) is 0 Å². The van der Waals surface area contributed by atoms with Crippen molar-refractivity contribution in [3.8, 4) is 0 Å². The lowest BCUT2D eigenvalue weighted by atomic mass is 9.76. The minimum atomic E-state index is -0.00184. The molecule has 0 amide bonds. The third-order valence-electron chi connectivity index (χ3n) is 3.97. The van der Waals surface area contributed by atoms with E-state index in [9.17, 15) is 0 Å². The average Bonchev–Trinajstić information content (AvgIpc) is 2.50. The SMILES string of the molecule is CCC(CC)(CN=C(N)NCCOC)c1ccc(Cl)cc1. The van der Waals surface area contributed by atoms with Crippen LogP contribution in [0.2, 0.25) is 5.02 Å². The molecule has 4 nitrogen and oxygen atoms in total. The van der Waals surface area contributed by atoms with E-state index in [-0.39, 0.29) is 5.41 Å².